The monoisotopic (exact) mass is 207 g/mol. The van der Waals surface area contributed by atoms with Crippen molar-refractivity contribution in [2.45, 2.75) is 0 Å². The van der Waals surface area contributed by atoms with Crippen LogP contribution >= 0.6 is 0 Å². The summed E-state index contributed by atoms with van der Waals surface area (Å²) in [7, 11) is 0. The molecule has 0 saturated carbocycles. The highest BCUT2D eigenvalue weighted by atomic mass is 16.8. The van der Waals surface area contributed by atoms with Crippen LogP contribution in [0.2, 0.25) is 0 Å². The Morgan fingerprint density at radius 3 is 2.80 bits per heavy atom. The lowest BCUT2D eigenvalue weighted by molar-refractivity contribution is 0.296. The van der Waals surface area contributed by atoms with E-state index in [1.807, 2.05) is 0 Å². The topological polar surface area (TPSA) is 103 Å². The Kier molecular flexibility index (Phi) is 2.07. The number of nitrogen functional groups attached to an aromatic ring is 1. The Morgan fingerprint density at radius 1 is 1.40 bits per heavy atom. The van der Waals surface area contributed by atoms with Crippen LogP contribution in [0.15, 0.2) is 33.5 Å². The summed E-state index contributed by atoms with van der Waals surface area (Å²) in [6.07, 6.45) is 0. The van der Waals surface area contributed by atoms with Gasteiger partial charge in [-0.25, -0.2) is 4.79 Å². The van der Waals surface area contributed by atoms with Crippen molar-refractivity contribution in [1.29, 1.82) is 0 Å². The number of hydrogen-bond acceptors (Lipinski definition) is 6. The summed E-state index contributed by atoms with van der Waals surface area (Å²) in [5.74, 6) is 0. The molecule has 0 bridgehead atoms. The Morgan fingerprint density at radius 2 is 2.13 bits per heavy atom. The molecule has 0 radical (unpaired) electrons. The lowest BCUT2D eigenvalue weighted by Crippen LogP contribution is -2.08. The maximum atomic E-state index is 11.0. The molecule has 0 fully saturated rings. The molecule has 1 aromatic carbocycles. The van der Waals surface area contributed by atoms with E-state index in [0.29, 0.717) is 11.0 Å². The fourth-order valence-electron chi connectivity index (χ4n) is 1.25. The van der Waals surface area contributed by atoms with Gasteiger partial charge in [0.2, 0.25) is 0 Å². The second-order valence-electron chi connectivity index (χ2n) is 2.98. The third-order valence-corrected chi connectivity index (χ3v) is 1.96. The second kappa shape index (κ2) is 3.26. The average Bonchev–Trinajstić information content (AvgIpc) is 2.19. The molecule has 0 amide bonds. The molecule has 0 atom stereocenters. The third-order valence-electron chi connectivity index (χ3n) is 1.96. The van der Waals surface area contributed by atoms with E-state index in [1.165, 1.54) is 24.3 Å². The van der Waals surface area contributed by atoms with Crippen molar-refractivity contribution in [3.63, 3.8) is 0 Å². The number of nitrogens with two attached hydrogens (primary N) is 1. The average molecular weight is 207 g/mol. The summed E-state index contributed by atoms with van der Waals surface area (Å²) < 4.78 is 4.84. The minimum Gasteiger partial charge on any atom is -0.733 e. The Labute approximate surface area is 83.7 Å². The van der Waals surface area contributed by atoms with E-state index in [9.17, 15) is 10.0 Å². The first-order valence-electron chi connectivity index (χ1n) is 4.07. The molecule has 0 unspecified atom stereocenters. The number of benzene rings is 1. The molecular formula is C9H7N2O4-. The summed E-state index contributed by atoms with van der Waals surface area (Å²) in [5.41, 5.74) is 5.02. The van der Waals surface area contributed by atoms with E-state index in [0.717, 1.165) is 0 Å². The molecule has 2 rings (SSSR count). The fourth-order valence-corrected chi connectivity index (χ4v) is 1.25. The van der Waals surface area contributed by atoms with Crippen molar-refractivity contribution >= 4 is 22.3 Å². The van der Waals surface area contributed by atoms with Crippen molar-refractivity contribution in [2.75, 3.05) is 11.0 Å². The van der Waals surface area contributed by atoms with E-state index >= 15 is 0 Å². The van der Waals surface area contributed by atoms with E-state index in [4.69, 9.17) is 15.4 Å². The summed E-state index contributed by atoms with van der Waals surface area (Å²) in [6.45, 7) is 0. The molecule has 1 aromatic heterocycles. The molecule has 0 saturated heterocycles. The van der Waals surface area contributed by atoms with Gasteiger partial charge in [0, 0.05) is 5.39 Å². The molecule has 78 valence electrons. The van der Waals surface area contributed by atoms with Crippen LogP contribution < -0.4 is 16.6 Å². The minimum absolute atomic E-state index is 0.0377. The summed E-state index contributed by atoms with van der Waals surface area (Å²) >= 11 is 0. The summed E-state index contributed by atoms with van der Waals surface area (Å²) in [4.78, 5) is 11.0. The molecule has 3 N–H and O–H groups in total. The molecule has 6 nitrogen and oxygen atoms in total. The van der Waals surface area contributed by atoms with Crippen molar-refractivity contribution in [1.82, 2.24) is 0 Å². The Balaban J connectivity index is 2.72. The van der Waals surface area contributed by atoms with Crippen LogP contribution in [0.4, 0.5) is 11.4 Å². The second-order valence-corrected chi connectivity index (χ2v) is 2.98. The van der Waals surface area contributed by atoms with Crippen LogP contribution in [0.3, 0.4) is 0 Å². The van der Waals surface area contributed by atoms with Gasteiger partial charge in [0.05, 0.1) is 5.69 Å². The van der Waals surface area contributed by atoms with Crippen LogP contribution in [0.25, 0.3) is 11.0 Å². The third kappa shape index (κ3) is 1.63. The van der Waals surface area contributed by atoms with Crippen molar-refractivity contribution in [3.05, 3.63) is 39.9 Å². The quantitative estimate of drug-likeness (QED) is 0.535. The first-order valence-corrected chi connectivity index (χ1v) is 4.07. The molecule has 1 heterocycles. The van der Waals surface area contributed by atoms with Gasteiger partial charge in [-0.3, -0.25) is 5.21 Å². The summed E-state index contributed by atoms with van der Waals surface area (Å²) in [5, 5.41) is 19.4. The number of fused-ring (bicyclic) bond motifs is 1. The highest BCUT2D eigenvalue weighted by molar-refractivity contribution is 5.82. The van der Waals surface area contributed by atoms with E-state index in [1.54, 1.807) is 0 Å². The normalized spacial score (nSPS) is 10.5. The molecule has 15 heavy (non-hydrogen) atoms. The molecule has 0 aliphatic carbocycles. The standard InChI is InChI=1S/C9H7N2O4/c10-7-4-5-3-6(11(13)14)1-2-8(5)15-9(7)12/h1-4,13H,10H2/q-1. The van der Waals surface area contributed by atoms with Gasteiger partial charge in [-0.15, -0.1) is 0 Å². The van der Waals surface area contributed by atoms with Gasteiger partial charge in [-0.05, 0) is 24.3 Å². The number of rotatable bonds is 1. The first-order chi connectivity index (χ1) is 7.08. The van der Waals surface area contributed by atoms with Crippen molar-refractivity contribution in [2.24, 2.45) is 0 Å². The smallest absolute Gasteiger partial charge is 0.359 e. The van der Waals surface area contributed by atoms with Gasteiger partial charge < -0.3 is 20.6 Å². The number of anilines is 2. The Bertz CT molecular complexity index is 562. The predicted octanol–water partition coefficient (Wildman–Crippen LogP) is 1.07. The van der Waals surface area contributed by atoms with Crippen LogP contribution in [-0.4, -0.2) is 5.21 Å². The zero-order chi connectivity index (χ0) is 11.0. The predicted molar refractivity (Wildman–Crippen MR) is 54.5 cm³/mol. The zero-order valence-electron chi connectivity index (χ0n) is 7.51. The van der Waals surface area contributed by atoms with Crippen molar-refractivity contribution in [3.8, 4) is 0 Å². The number of nitrogens with zero attached hydrogens (tertiary/aromatic N) is 1. The largest absolute Gasteiger partial charge is 0.733 e. The van der Waals surface area contributed by atoms with E-state index < -0.39 is 5.63 Å². The van der Waals surface area contributed by atoms with E-state index in [-0.39, 0.29) is 16.6 Å². The fraction of sp³-hybridized carbons (Fsp3) is 0. The van der Waals surface area contributed by atoms with Gasteiger partial charge in [0.1, 0.15) is 11.3 Å². The highest BCUT2D eigenvalue weighted by Crippen LogP contribution is 2.20. The minimum atomic E-state index is -0.627. The van der Waals surface area contributed by atoms with Crippen LogP contribution in [0.5, 0.6) is 0 Å². The van der Waals surface area contributed by atoms with Crippen molar-refractivity contribution < 1.29 is 9.62 Å². The molecule has 0 spiro atoms. The highest BCUT2D eigenvalue weighted by Gasteiger charge is 2.02. The maximum absolute atomic E-state index is 11.0. The van der Waals surface area contributed by atoms with Gasteiger partial charge in [0.25, 0.3) is 0 Å². The summed E-state index contributed by atoms with van der Waals surface area (Å²) in [6, 6.07) is 5.48. The van der Waals surface area contributed by atoms with E-state index in [2.05, 4.69) is 0 Å². The maximum Gasteiger partial charge on any atom is 0.359 e. The van der Waals surface area contributed by atoms with Gasteiger partial charge in [-0.1, -0.05) is 0 Å². The number of hydrogen-bond donors (Lipinski definition) is 2. The molecule has 0 aliphatic rings. The van der Waals surface area contributed by atoms with Gasteiger partial charge in [0.15, 0.2) is 0 Å². The van der Waals surface area contributed by atoms with Crippen LogP contribution in [-0.2, 0) is 0 Å². The molecular weight excluding hydrogens is 200 g/mol. The SMILES string of the molecule is Nc1cc2cc(N([O-])O)ccc2oc1=O. The van der Waals surface area contributed by atoms with Gasteiger partial charge >= 0.3 is 5.63 Å². The molecule has 6 heteroatoms. The lowest BCUT2D eigenvalue weighted by atomic mass is 10.2. The molecule has 2 aromatic rings. The van der Waals surface area contributed by atoms with Gasteiger partial charge in [-0.2, -0.15) is 0 Å². The lowest BCUT2D eigenvalue weighted by Gasteiger charge is -2.21. The molecule has 0 aliphatic heterocycles. The Hall–Kier alpha value is -2.05. The first kappa shape index (κ1) is 9.50. The zero-order valence-corrected chi connectivity index (χ0v) is 7.51. The van der Waals surface area contributed by atoms with Crippen LogP contribution in [0.1, 0.15) is 0 Å². The van der Waals surface area contributed by atoms with Crippen LogP contribution in [0, 0.1) is 5.21 Å².